The predicted molar refractivity (Wildman–Crippen MR) is 36.8 cm³/mol. The van der Waals surface area contributed by atoms with Crippen LogP contribution in [0.4, 0.5) is 0 Å². The third kappa shape index (κ3) is 674. The van der Waals surface area contributed by atoms with Crippen molar-refractivity contribution in [3.63, 3.8) is 0 Å². The van der Waals surface area contributed by atoms with E-state index in [0.29, 0.717) is 0 Å². The second kappa shape index (κ2) is 26.1. The van der Waals surface area contributed by atoms with Gasteiger partial charge in [0.25, 0.3) is 6.47 Å². The Morgan fingerprint density at radius 3 is 1.44 bits per heavy atom. The molecule has 0 amide bonds. The lowest BCUT2D eigenvalue weighted by Crippen LogP contribution is -1.69. The Bertz CT molecular complexity index is 59.2. The van der Waals surface area contributed by atoms with Crippen LogP contribution in [0.5, 0.6) is 0 Å². The number of carbonyl (C=O) groups excluding carboxylic acids is 1. The van der Waals surface area contributed by atoms with Crippen molar-refractivity contribution >= 4 is 23.9 Å². The monoisotopic (exact) mass is 154 g/mol. The summed E-state index contributed by atoms with van der Waals surface area (Å²) in [5, 5.41) is 6.89. The first-order valence-electron chi connectivity index (χ1n) is 2.08. The highest BCUT2D eigenvalue weighted by Gasteiger charge is 1.62. The van der Waals surface area contributed by atoms with Crippen molar-refractivity contribution in [2.75, 3.05) is 6.38 Å². The summed E-state index contributed by atoms with van der Waals surface area (Å²) < 4.78 is 0. The summed E-state index contributed by atoms with van der Waals surface area (Å²) in [6.45, 7) is 2.81. The van der Waals surface area contributed by atoms with Crippen molar-refractivity contribution in [1.29, 1.82) is 0 Å². The molecule has 4 heteroatoms. The first-order chi connectivity index (χ1) is 4.15. The van der Waals surface area contributed by atoms with Gasteiger partial charge in [0.15, 0.2) is 0 Å². The van der Waals surface area contributed by atoms with Crippen molar-refractivity contribution in [3.05, 3.63) is 0 Å². The second-order valence-electron chi connectivity index (χ2n) is 1.01. The molecule has 1 N–H and O–H groups in total. The van der Waals surface area contributed by atoms with Gasteiger partial charge in [0.2, 0.25) is 0 Å². The highest BCUT2D eigenvalue weighted by atomic mass is 35.5. The molecule has 56 valence electrons. The van der Waals surface area contributed by atoms with Crippen LogP contribution in [0.25, 0.3) is 0 Å². The standard InChI is InChI=1S/C3H6O.CH3Cl.CH2O2/c1-3(2)4;1-2;2-1-3/h1-2H3;1H3;1H,(H,2,3). The Kier molecular flexibility index (Phi) is 45.8. The van der Waals surface area contributed by atoms with Crippen LogP contribution < -0.4 is 0 Å². The van der Waals surface area contributed by atoms with Crippen molar-refractivity contribution in [3.8, 4) is 0 Å². The number of halogens is 1. The van der Waals surface area contributed by atoms with E-state index in [-0.39, 0.29) is 12.3 Å². The van der Waals surface area contributed by atoms with E-state index in [9.17, 15) is 4.79 Å². The van der Waals surface area contributed by atoms with E-state index in [1.54, 1.807) is 0 Å². The van der Waals surface area contributed by atoms with Gasteiger partial charge in [0.05, 0.1) is 0 Å². The molecule has 0 aliphatic carbocycles. The average molecular weight is 155 g/mol. The Hall–Kier alpha value is -0.570. The van der Waals surface area contributed by atoms with E-state index in [2.05, 4.69) is 11.6 Å². The van der Waals surface area contributed by atoms with Gasteiger partial charge in [0.1, 0.15) is 5.78 Å². The highest BCUT2D eigenvalue weighted by molar-refractivity contribution is 6.15. The molecule has 0 saturated heterocycles. The van der Waals surface area contributed by atoms with Gasteiger partial charge in [-0.15, -0.1) is 11.6 Å². The molecule has 0 radical (unpaired) electrons. The van der Waals surface area contributed by atoms with E-state index in [1.165, 1.54) is 20.2 Å². The van der Waals surface area contributed by atoms with Gasteiger partial charge in [-0.2, -0.15) is 0 Å². The molecule has 0 aliphatic rings. The molecular formula is C5H11ClO3. The molecule has 0 heterocycles. The zero-order valence-electron chi connectivity index (χ0n) is 5.72. The van der Waals surface area contributed by atoms with Crippen LogP contribution in [-0.2, 0) is 9.59 Å². The zero-order valence-corrected chi connectivity index (χ0v) is 6.47. The molecule has 0 rings (SSSR count). The minimum absolute atomic E-state index is 0.167. The number of hydrogen-bond donors (Lipinski definition) is 1. The SMILES string of the molecule is CC(C)=O.CCl.O=CO. The van der Waals surface area contributed by atoms with E-state index < -0.39 is 0 Å². The number of alkyl halides is 1. The lowest BCUT2D eigenvalue weighted by Gasteiger charge is -1.56. The largest absolute Gasteiger partial charge is 0.483 e. The third-order valence-electron chi connectivity index (χ3n) is 0. The van der Waals surface area contributed by atoms with Gasteiger partial charge >= 0.3 is 0 Å². The molecule has 0 aliphatic heterocycles. The molecular weight excluding hydrogens is 144 g/mol. The van der Waals surface area contributed by atoms with Gasteiger partial charge < -0.3 is 9.90 Å². The highest BCUT2D eigenvalue weighted by Crippen LogP contribution is 1.50. The minimum atomic E-state index is -0.250. The molecule has 0 bridgehead atoms. The van der Waals surface area contributed by atoms with Crippen molar-refractivity contribution in [1.82, 2.24) is 0 Å². The van der Waals surface area contributed by atoms with E-state index >= 15 is 0 Å². The van der Waals surface area contributed by atoms with Gasteiger partial charge in [-0.3, -0.25) is 4.79 Å². The van der Waals surface area contributed by atoms with Crippen LogP contribution in [0, 0.1) is 0 Å². The lowest BCUT2D eigenvalue weighted by molar-refractivity contribution is -0.123. The fourth-order valence-electron chi connectivity index (χ4n) is 0. The summed E-state index contributed by atoms with van der Waals surface area (Å²) in [5.41, 5.74) is 0. The molecule has 0 aromatic carbocycles. The van der Waals surface area contributed by atoms with E-state index in [4.69, 9.17) is 9.90 Å². The Morgan fingerprint density at radius 2 is 1.44 bits per heavy atom. The topological polar surface area (TPSA) is 54.4 Å². The number of ketones is 1. The first-order valence-corrected chi connectivity index (χ1v) is 2.83. The molecule has 3 nitrogen and oxygen atoms in total. The molecule has 0 unspecified atom stereocenters. The van der Waals surface area contributed by atoms with E-state index in [0.717, 1.165) is 0 Å². The number of carbonyl (C=O) groups is 2. The third-order valence-corrected chi connectivity index (χ3v) is 0. The second-order valence-corrected chi connectivity index (χ2v) is 1.01. The Morgan fingerprint density at radius 1 is 1.44 bits per heavy atom. The fourth-order valence-corrected chi connectivity index (χ4v) is 0. The van der Waals surface area contributed by atoms with Crippen LogP contribution in [0.15, 0.2) is 0 Å². The number of hydrogen-bond acceptors (Lipinski definition) is 2. The summed E-state index contributed by atoms with van der Waals surface area (Å²) in [7, 11) is 0. The van der Waals surface area contributed by atoms with Crippen LogP contribution in [0.3, 0.4) is 0 Å². The Balaban J connectivity index is -0.0000000646. The lowest BCUT2D eigenvalue weighted by atomic mass is 10.6. The molecule has 0 saturated carbocycles. The number of carboxylic acid groups (broad SMARTS) is 1. The maximum atomic E-state index is 9.44. The molecule has 0 atom stereocenters. The summed E-state index contributed by atoms with van der Waals surface area (Å²) in [6.07, 6.45) is 1.47. The zero-order chi connectivity index (χ0) is 8.28. The van der Waals surface area contributed by atoms with Crippen LogP contribution in [-0.4, -0.2) is 23.7 Å². The van der Waals surface area contributed by atoms with Crippen LogP contribution in [0.2, 0.25) is 0 Å². The first kappa shape index (κ1) is 15.8. The van der Waals surface area contributed by atoms with Gasteiger partial charge in [-0.25, -0.2) is 0 Å². The number of Topliss-reactive ketones (excluding diaryl/α,β-unsaturated/α-hetero) is 1. The molecule has 9 heavy (non-hydrogen) atoms. The molecule has 0 aromatic rings. The fraction of sp³-hybridized carbons (Fsp3) is 0.600. The average Bonchev–Trinajstić information content (AvgIpc) is 1.71. The summed E-state index contributed by atoms with van der Waals surface area (Å²) in [5.74, 6) is 0.167. The maximum Gasteiger partial charge on any atom is 0.290 e. The minimum Gasteiger partial charge on any atom is -0.483 e. The Labute approximate surface area is 59.6 Å². The maximum absolute atomic E-state index is 9.44. The molecule has 0 spiro atoms. The van der Waals surface area contributed by atoms with Crippen LogP contribution in [0.1, 0.15) is 13.8 Å². The van der Waals surface area contributed by atoms with Crippen molar-refractivity contribution < 1.29 is 14.7 Å². The summed E-state index contributed by atoms with van der Waals surface area (Å²) >= 11 is 4.64. The van der Waals surface area contributed by atoms with Crippen LogP contribution >= 0.6 is 11.6 Å². The predicted octanol–water partition coefficient (Wildman–Crippen LogP) is 1.15. The normalized spacial score (nSPS) is 4.89. The van der Waals surface area contributed by atoms with E-state index in [1.807, 2.05) is 0 Å². The van der Waals surface area contributed by atoms with Crippen molar-refractivity contribution in [2.45, 2.75) is 13.8 Å². The molecule has 0 fully saturated rings. The van der Waals surface area contributed by atoms with Crippen molar-refractivity contribution in [2.24, 2.45) is 0 Å². The van der Waals surface area contributed by atoms with Gasteiger partial charge in [0, 0.05) is 6.38 Å². The quantitative estimate of drug-likeness (QED) is 0.421. The smallest absolute Gasteiger partial charge is 0.290 e. The molecule has 0 aromatic heterocycles. The number of rotatable bonds is 0. The summed E-state index contributed by atoms with van der Waals surface area (Å²) in [4.78, 5) is 17.8. The summed E-state index contributed by atoms with van der Waals surface area (Å²) in [6, 6.07) is 0. The van der Waals surface area contributed by atoms with Gasteiger partial charge in [-0.1, -0.05) is 0 Å². The van der Waals surface area contributed by atoms with Gasteiger partial charge in [-0.05, 0) is 13.8 Å².